The smallest absolute Gasteiger partial charge is 0.331 e. The number of carboxylic acid groups (broad SMARTS) is 1. The number of amides is 1. The van der Waals surface area contributed by atoms with Crippen LogP contribution >= 0.6 is 0 Å². The van der Waals surface area contributed by atoms with E-state index in [0.29, 0.717) is 0 Å². The van der Waals surface area contributed by atoms with Crippen molar-refractivity contribution >= 4 is 23.3 Å². The summed E-state index contributed by atoms with van der Waals surface area (Å²) < 4.78 is 0. The quantitative estimate of drug-likeness (QED) is 0.503. The lowest BCUT2D eigenvalue weighted by molar-refractivity contribution is -0.384. The predicted octanol–water partition coefficient (Wildman–Crippen LogP) is 2.57. The molecule has 0 spiro atoms. The number of hydrogen-bond donors (Lipinski definition) is 2. The molecule has 0 unspecified atom stereocenters. The van der Waals surface area contributed by atoms with Crippen molar-refractivity contribution in [1.29, 1.82) is 0 Å². The predicted molar refractivity (Wildman–Crippen MR) is 77.2 cm³/mol. The van der Waals surface area contributed by atoms with Crippen molar-refractivity contribution in [3.05, 3.63) is 44.5 Å². The highest BCUT2D eigenvalue weighted by Gasteiger charge is 2.19. The molecule has 1 aromatic carbocycles. The summed E-state index contributed by atoms with van der Waals surface area (Å²) >= 11 is 0. The normalized spacial score (nSPS) is 11.6. The van der Waals surface area contributed by atoms with Gasteiger partial charge < -0.3 is 10.4 Å². The van der Waals surface area contributed by atoms with E-state index in [4.69, 9.17) is 5.11 Å². The van der Waals surface area contributed by atoms with E-state index in [0.717, 1.165) is 11.1 Å². The van der Waals surface area contributed by atoms with E-state index in [9.17, 15) is 19.7 Å². The second-order valence-electron chi connectivity index (χ2n) is 4.72. The summed E-state index contributed by atoms with van der Waals surface area (Å²) in [4.78, 5) is 33.2. The van der Waals surface area contributed by atoms with Crippen LogP contribution in [0.15, 0.2) is 23.3 Å². The van der Waals surface area contributed by atoms with Crippen LogP contribution in [0.2, 0.25) is 0 Å². The van der Waals surface area contributed by atoms with Crippen LogP contribution in [-0.2, 0) is 9.59 Å². The van der Waals surface area contributed by atoms with E-state index in [-0.39, 0.29) is 22.5 Å². The Balaban J connectivity index is 3.22. The minimum Gasteiger partial charge on any atom is -0.478 e. The van der Waals surface area contributed by atoms with Crippen LogP contribution in [0.1, 0.15) is 25.0 Å². The molecule has 1 aromatic rings. The van der Waals surface area contributed by atoms with Gasteiger partial charge in [-0.3, -0.25) is 14.9 Å². The highest BCUT2D eigenvalue weighted by molar-refractivity contribution is 6.08. The molecule has 1 amide bonds. The lowest BCUT2D eigenvalue weighted by atomic mass is 10.1. The molecule has 2 N–H and O–H groups in total. The minimum absolute atomic E-state index is 0.00461. The maximum atomic E-state index is 12.0. The largest absolute Gasteiger partial charge is 0.478 e. The molecular weight excluding hydrogens is 276 g/mol. The number of carbonyl (C=O) groups is 2. The molecule has 0 aliphatic rings. The molecule has 0 saturated carbocycles. The summed E-state index contributed by atoms with van der Waals surface area (Å²) in [5, 5.41) is 22.3. The molecular formula is C14H16N2O5. The van der Waals surface area contributed by atoms with Crippen LogP contribution in [-0.4, -0.2) is 21.9 Å². The van der Waals surface area contributed by atoms with Gasteiger partial charge in [-0.05, 0) is 44.9 Å². The van der Waals surface area contributed by atoms with Crippen molar-refractivity contribution in [1.82, 2.24) is 0 Å². The Morgan fingerprint density at radius 2 is 1.67 bits per heavy atom. The minimum atomic E-state index is -1.21. The zero-order valence-corrected chi connectivity index (χ0v) is 12.2. The van der Waals surface area contributed by atoms with Crippen molar-refractivity contribution in [2.75, 3.05) is 5.32 Å². The van der Waals surface area contributed by atoms with Crippen molar-refractivity contribution < 1.29 is 19.6 Å². The number of nitrogens with zero attached hydrogens (tertiary/aromatic N) is 1. The van der Waals surface area contributed by atoms with Crippen molar-refractivity contribution in [2.45, 2.75) is 27.7 Å². The van der Waals surface area contributed by atoms with Crippen LogP contribution < -0.4 is 5.32 Å². The standard InChI is InChI=1S/C14H16N2O5/c1-7-5-11(12(16(20)21)6-8(7)2)15-13(17)9(3)10(4)14(18)19/h5-6H,1-4H3,(H,15,17)(H,18,19). The third-order valence-electron chi connectivity index (χ3n) is 3.28. The van der Waals surface area contributed by atoms with E-state index in [1.807, 2.05) is 0 Å². The topological polar surface area (TPSA) is 110 Å². The number of nitrogens with one attached hydrogen (secondary N) is 1. The first kappa shape index (κ1) is 16.4. The Kier molecular flexibility index (Phi) is 4.80. The molecule has 0 aromatic heterocycles. The second kappa shape index (κ2) is 6.17. The van der Waals surface area contributed by atoms with Gasteiger partial charge in [-0.2, -0.15) is 0 Å². The Bertz CT molecular complexity index is 662. The molecule has 21 heavy (non-hydrogen) atoms. The number of hydrogen-bond acceptors (Lipinski definition) is 4. The highest BCUT2D eigenvalue weighted by Crippen LogP contribution is 2.28. The van der Waals surface area contributed by atoms with Gasteiger partial charge in [0.05, 0.1) is 4.92 Å². The summed E-state index contributed by atoms with van der Waals surface area (Å²) in [5.41, 5.74) is 1.22. The molecule has 0 saturated heterocycles. The maximum absolute atomic E-state index is 12.0. The Labute approximate surface area is 121 Å². The van der Waals surface area contributed by atoms with Crippen molar-refractivity contribution in [3.63, 3.8) is 0 Å². The number of aliphatic carboxylic acids is 1. The number of rotatable bonds is 4. The molecule has 7 nitrogen and oxygen atoms in total. The van der Waals surface area contributed by atoms with Crippen LogP contribution in [0.5, 0.6) is 0 Å². The number of carbonyl (C=O) groups excluding carboxylic acids is 1. The van der Waals surface area contributed by atoms with Crippen LogP contribution in [0, 0.1) is 24.0 Å². The van der Waals surface area contributed by atoms with Gasteiger partial charge in [0.2, 0.25) is 0 Å². The van der Waals surface area contributed by atoms with Crippen LogP contribution in [0.4, 0.5) is 11.4 Å². The fourth-order valence-electron chi connectivity index (χ4n) is 1.60. The number of carboxylic acids is 1. The van der Waals surface area contributed by atoms with E-state index in [2.05, 4.69) is 5.32 Å². The summed E-state index contributed by atoms with van der Waals surface area (Å²) in [5.74, 6) is -1.89. The van der Waals surface area contributed by atoms with E-state index < -0.39 is 16.8 Å². The van der Waals surface area contributed by atoms with Crippen LogP contribution in [0.25, 0.3) is 0 Å². The summed E-state index contributed by atoms with van der Waals surface area (Å²) in [6.45, 7) is 6.14. The monoisotopic (exact) mass is 292 g/mol. The maximum Gasteiger partial charge on any atom is 0.331 e. The molecule has 0 aliphatic heterocycles. The van der Waals surface area contributed by atoms with Gasteiger partial charge in [0.15, 0.2) is 0 Å². The molecule has 0 atom stereocenters. The fourth-order valence-corrected chi connectivity index (χ4v) is 1.60. The van der Waals surface area contributed by atoms with Gasteiger partial charge in [-0.15, -0.1) is 0 Å². The zero-order valence-electron chi connectivity index (χ0n) is 12.2. The van der Waals surface area contributed by atoms with Crippen molar-refractivity contribution in [3.8, 4) is 0 Å². The molecule has 0 fully saturated rings. The Morgan fingerprint density at radius 3 is 2.14 bits per heavy atom. The first-order valence-corrected chi connectivity index (χ1v) is 6.13. The number of aryl methyl sites for hydroxylation is 2. The molecule has 1 rings (SSSR count). The number of anilines is 1. The van der Waals surface area contributed by atoms with Gasteiger partial charge in [-0.25, -0.2) is 4.79 Å². The van der Waals surface area contributed by atoms with Gasteiger partial charge in [-0.1, -0.05) is 0 Å². The van der Waals surface area contributed by atoms with Gasteiger partial charge in [0.1, 0.15) is 5.69 Å². The molecule has 112 valence electrons. The SMILES string of the molecule is CC(C(=O)O)=C(C)C(=O)Nc1cc(C)c(C)cc1[N+](=O)[O-]. The van der Waals surface area contributed by atoms with Gasteiger partial charge in [0.25, 0.3) is 11.6 Å². The number of nitro groups is 1. The average Bonchev–Trinajstić information content (AvgIpc) is 2.40. The fraction of sp³-hybridized carbons (Fsp3) is 0.286. The lowest BCUT2D eigenvalue weighted by Crippen LogP contribution is -2.17. The van der Waals surface area contributed by atoms with E-state index in [1.54, 1.807) is 13.8 Å². The highest BCUT2D eigenvalue weighted by atomic mass is 16.6. The third kappa shape index (κ3) is 3.65. The van der Waals surface area contributed by atoms with Crippen LogP contribution in [0.3, 0.4) is 0 Å². The molecule has 0 aliphatic carbocycles. The van der Waals surface area contributed by atoms with E-state index in [1.165, 1.54) is 26.0 Å². The molecule has 0 heterocycles. The third-order valence-corrected chi connectivity index (χ3v) is 3.28. The summed E-state index contributed by atoms with van der Waals surface area (Å²) in [6, 6.07) is 2.86. The second-order valence-corrected chi connectivity index (χ2v) is 4.72. The summed E-state index contributed by atoms with van der Waals surface area (Å²) in [6.07, 6.45) is 0. The van der Waals surface area contributed by atoms with Gasteiger partial charge in [0, 0.05) is 17.2 Å². The first-order valence-electron chi connectivity index (χ1n) is 6.13. The first-order chi connectivity index (χ1) is 9.65. The zero-order chi connectivity index (χ0) is 16.3. The van der Waals surface area contributed by atoms with Gasteiger partial charge >= 0.3 is 5.97 Å². The number of benzene rings is 1. The Morgan fingerprint density at radius 1 is 1.14 bits per heavy atom. The van der Waals surface area contributed by atoms with E-state index >= 15 is 0 Å². The molecule has 7 heteroatoms. The average molecular weight is 292 g/mol. The Hall–Kier alpha value is -2.70. The lowest BCUT2D eigenvalue weighted by Gasteiger charge is -2.10. The summed E-state index contributed by atoms with van der Waals surface area (Å²) in [7, 11) is 0. The molecule has 0 bridgehead atoms. The molecule has 0 radical (unpaired) electrons. The van der Waals surface area contributed by atoms with Crippen molar-refractivity contribution in [2.24, 2.45) is 0 Å². The number of nitro benzene ring substituents is 1.